The largest absolute Gasteiger partial charge is 0.478 e. The molecule has 0 saturated carbocycles. The smallest absolute Gasteiger partial charge is 0.416 e. The van der Waals surface area contributed by atoms with Crippen molar-refractivity contribution >= 4 is 46.4 Å². The molecular formula is C26H15F3N2O4. The van der Waals surface area contributed by atoms with Gasteiger partial charge in [0.15, 0.2) is 0 Å². The van der Waals surface area contributed by atoms with Crippen molar-refractivity contribution in [3.05, 3.63) is 94.7 Å². The summed E-state index contributed by atoms with van der Waals surface area (Å²) in [5.74, 6) is -0.768. The fourth-order valence-corrected chi connectivity index (χ4v) is 4.13. The lowest BCUT2D eigenvalue weighted by molar-refractivity contribution is -0.137. The Kier molecular flexibility index (Phi) is 5.24. The van der Waals surface area contributed by atoms with Crippen LogP contribution in [0.2, 0.25) is 0 Å². The number of aromatic carboxylic acids is 1. The first-order valence-electron chi connectivity index (χ1n) is 10.3. The first kappa shape index (κ1) is 22.1. The number of nitrogens with one attached hydrogen (secondary N) is 1. The molecule has 2 N–H and O–H groups in total. The molecule has 3 aromatic carbocycles. The van der Waals surface area contributed by atoms with Gasteiger partial charge in [-0.15, -0.1) is 0 Å². The van der Waals surface area contributed by atoms with E-state index in [9.17, 15) is 27.9 Å². The normalized spacial score (nSPS) is 14.1. The Morgan fingerprint density at radius 1 is 1.00 bits per heavy atom. The fourth-order valence-electron chi connectivity index (χ4n) is 4.13. The van der Waals surface area contributed by atoms with Gasteiger partial charge in [0.05, 0.1) is 16.8 Å². The number of carbonyl (C=O) groups is 2. The third-order valence-electron chi connectivity index (χ3n) is 5.74. The van der Waals surface area contributed by atoms with Gasteiger partial charge in [-0.1, -0.05) is 18.2 Å². The predicted octanol–water partition coefficient (Wildman–Crippen LogP) is 6.10. The van der Waals surface area contributed by atoms with Crippen LogP contribution < -0.4 is 4.74 Å². The quantitative estimate of drug-likeness (QED) is 0.341. The number of aromatic amines is 1. The average molecular weight is 476 g/mol. The van der Waals surface area contributed by atoms with Crippen LogP contribution in [0, 0.1) is 0 Å². The monoisotopic (exact) mass is 476 g/mol. The number of carbonyl (C=O) groups excluding carboxylic acids is 1. The van der Waals surface area contributed by atoms with E-state index >= 15 is 0 Å². The second-order valence-corrected chi connectivity index (χ2v) is 7.78. The van der Waals surface area contributed by atoms with E-state index in [0.29, 0.717) is 56.6 Å². The van der Waals surface area contributed by atoms with Gasteiger partial charge in [-0.3, -0.25) is 9.79 Å². The summed E-state index contributed by atoms with van der Waals surface area (Å²) in [6.45, 7) is 0.308. The van der Waals surface area contributed by atoms with Gasteiger partial charge in [0.2, 0.25) is 0 Å². The number of alkyl halides is 3. The number of aliphatic imine (C=N–C) groups is 1. The van der Waals surface area contributed by atoms with Gasteiger partial charge in [0, 0.05) is 51.7 Å². The van der Waals surface area contributed by atoms with Crippen LogP contribution in [0.4, 0.5) is 18.9 Å². The Hall–Kier alpha value is -4.66. The van der Waals surface area contributed by atoms with Gasteiger partial charge in [0.25, 0.3) is 6.47 Å². The Labute approximate surface area is 196 Å². The number of halogens is 3. The number of allylic oxidation sites excluding steroid dienone is 1. The summed E-state index contributed by atoms with van der Waals surface area (Å²) in [6, 6.07) is 14.3. The first-order valence-corrected chi connectivity index (χ1v) is 10.3. The number of hydrogen-bond donors (Lipinski definition) is 2. The molecule has 0 radical (unpaired) electrons. The Morgan fingerprint density at radius 3 is 2.43 bits per heavy atom. The van der Waals surface area contributed by atoms with Crippen LogP contribution in [0.1, 0.15) is 32.6 Å². The Bertz CT molecular complexity index is 1550. The van der Waals surface area contributed by atoms with Crippen molar-refractivity contribution in [2.45, 2.75) is 6.18 Å². The van der Waals surface area contributed by atoms with E-state index in [2.05, 4.69) is 9.98 Å². The lowest BCUT2D eigenvalue weighted by atomic mass is 9.89. The highest BCUT2D eigenvalue weighted by Gasteiger charge is 2.30. The zero-order valence-corrected chi connectivity index (χ0v) is 17.8. The number of hydrogen-bond acceptors (Lipinski definition) is 4. The van der Waals surface area contributed by atoms with E-state index in [4.69, 9.17) is 4.74 Å². The maximum atomic E-state index is 13.2. The van der Waals surface area contributed by atoms with E-state index in [-0.39, 0.29) is 5.56 Å². The molecule has 0 spiro atoms. The van der Waals surface area contributed by atoms with Crippen molar-refractivity contribution in [3.8, 4) is 5.75 Å². The molecule has 0 fully saturated rings. The zero-order chi connectivity index (χ0) is 24.7. The van der Waals surface area contributed by atoms with Gasteiger partial charge in [0.1, 0.15) is 5.75 Å². The van der Waals surface area contributed by atoms with Crippen LogP contribution in [-0.2, 0) is 11.0 Å². The summed E-state index contributed by atoms with van der Waals surface area (Å²) in [5.41, 5.74) is 3.58. The maximum Gasteiger partial charge on any atom is 0.416 e. The molecule has 0 unspecified atom stereocenters. The van der Waals surface area contributed by atoms with E-state index in [1.165, 1.54) is 24.3 Å². The zero-order valence-electron chi connectivity index (χ0n) is 17.8. The lowest BCUT2D eigenvalue weighted by Crippen LogP contribution is -2.04. The second-order valence-electron chi connectivity index (χ2n) is 7.78. The van der Waals surface area contributed by atoms with Gasteiger partial charge < -0.3 is 14.8 Å². The summed E-state index contributed by atoms with van der Waals surface area (Å²) in [6.07, 6.45) is -1.19. The number of aromatic nitrogens is 1. The molecule has 35 heavy (non-hydrogen) atoms. The van der Waals surface area contributed by atoms with Crippen LogP contribution in [-0.4, -0.2) is 28.7 Å². The standard InChI is InChI=1S/C26H15F3N2O4/c27-26(28,29)16-4-1-14(2-5-16)24(20-11-30-22-9-15(25(33)34)3-7-18(20)22)21-12-31-23-10-17(35-13-32)6-8-19(21)23/h1-13,30H,(H,33,34). The van der Waals surface area contributed by atoms with E-state index in [0.717, 1.165) is 12.1 Å². The maximum absolute atomic E-state index is 13.2. The highest BCUT2D eigenvalue weighted by molar-refractivity contribution is 6.28. The van der Waals surface area contributed by atoms with E-state index < -0.39 is 17.7 Å². The summed E-state index contributed by atoms with van der Waals surface area (Å²) < 4.78 is 44.4. The summed E-state index contributed by atoms with van der Waals surface area (Å²) in [5, 5.41) is 10.0. The van der Waals surface area contributed by atoms with Crippen molar-refractivity contribution in [2.24, 2.45) is 4.99 Å². The van der Waals surface area contributed by atoms with Crippen LogP contribution in [0.5, 0.6) is 5.75 Å². The van der Waals surface area contributed by atoms with Gasteiger partial charge in [-0.25, -0.2) is 4.79 Å². The molecule has 2 heterocycles. The third-order valence-corrected chi connectivity index (χ3v) is 5.74. The molecule has 1 aliphatic rings. The molecule has 0 saturated heterocycles. The molecule has 0 amide bonds. The van der Waals surface area contributed by atoms with Crippen molar-refractivity contribution in [1.29, 1.82) is 0 Å². The topological polar surface area (TPSA) is 91.8 Å². The molecular weight excluding hydrogens is 461 g/mol. The van der Waals surface area contributed by atoms with Crippen molar-refractivity contribution in [1.82, 2.24) is 4.98 Å². The highest BCUT2D eigenvalue weighted by atomic mass is 19.4. The Morgan fingerprint density at radius 2 is 1.74 bits per heavy atom. The van der Waals surface area contributed by atoms with Crippen LogP contribution >= 0.6 is 0 Å². The molecule has 0 bridgehead atoms. The number of fused-ring (bicyclic) bond motifs is 2. The number of ether oxygens (including phenoxy) is 1. The minimum atomic E-state index is -4.48. The first-order chi connectivity index (χ1) is 16.8. The minimum absolute atomic E-state index is 0.102. The molecule has 0 aliphatic carbocycles. The van der Waals surface area contributed by atoms with Crippen molar-refractivity contribution < 1.29 is 32.6 Å². The van der Waals surface area contributed by atoms with Gasteiger partial charge >= 0.3 is 12.1 Å². The molecule has 1 aliphatic heterocycles. The summed E-state index contributed by atoms with van der Waals surface area (Å²) in [7, 11) is 0. The number of rotatable bonds is 5. The summed E-state index contributed by atoms with van der Waals surface area (Å²) >= 11 is 0. The van der Waals surface area contributed by atoms with Gasteiger partial charge in [-0.2, -0.15) is 13.2 Å². The molecule has 9 heteroatoms. The molecule has 174 valence electrons. The molecule has 0 atom stereocenters. The minimum Gasteiger partial charge on any atom is -0.478 e. The molecule has 1 aromatic heterocycles. The number of benzene rings is 3. The number of nitrogens with zero attached hydrogens (tertiary/aromatic N) is 1. The molecule has 6 nitrogen and oxygen atoms in total. The highest BCUT2D eigenvalue weighted by Crippen LogP contribution is 2.43. The molecule has 5 rings (SSSR count). The molecule has 4 aromatic rings. The SMILES string of the molecule is O=COc1ccc2c(c1)N=CC2=C(c1ccc(C(F)(F)F)cc1)c1c[nH]c2cc(C(=O)O)ccc12. The third kappa shape index (κ3) is 3.97. The van der Waals surface area contributed by atoms with Crippen molar-refractivity contribution in [3.63, 3.8) is 0 Å². The van der Waals surface area contributed by atoms with E-state index in [1.54, 1.807) is 36.7 Å². The van der Waals surface area contributed by atoms with Crippen LogP contribution in [0.15, 0.2) is 71.9 Å². The van der Waals surface area contributed by atoms with Gasteiger partial charge in [-0.05, 0) is 42.0 Å². The fraction of sp³-hybridized carbons (Fsp3) is 0.0385. The second kappa shape index (κ2) is 8.28. The van der Waals surface area contributed by atoms with Crippen molar-refractivity contribution in [2.75, 3.05) is 0 Å². The summed E-state index contributed by atoms with van der Waals surface area (Å²) in [4.78, 5) is 29.5. The number of carboxylic acid groups (broad SMARTS) is 1. The number of H-pyrrole nitrogens is 1. The average Bonchev–Trinajstić information content (AvgIpc) is 3.43. The lowest BCUT2D eigenvalue weighted by Gasteiger charge is -2.14. The van der Waals surface area contributed by atoms with Crippen LogP contribution in [0.3, 0.4) is 0 Å². The van der Waals surface area contributed by atoms with E-state index in [1.807, 2.05) is 0 Å². The predicted molar refractivity (Wildman–Crippen MR) is 124 cm³/mol. The van der Waals surface area contributed by atoms with Crippen LogP contribution in [0.25, 0.3) is 22.0 Å². The number of carboxylic acids is 1. The Balaban J connectivity index is 1.74.